The summed E-state index contributed by atoms with van der Waals surface area (Å²) in [7, 11) is 0. The van der Waals surface area contributed by atoms with Gasteiger partial charge in [0, 0.05) is 48.3 Å². The Morgan fingerprint density at radius 3 is 2.54 bits per heavy atom. The fourth-order valence-corrected chi connectivity index (χ4v) is 4.36. The van der Waals surface area contributed by atoms with Gasteiger partial charge in [0.2, 0.25) is 0 Å². The maximum absolute atomic E-state index is 12.3. The number of benzene rings is 1. The minimum absolute atomic E-state index is 0.267. The largest absolute Gasteiger partial charge is 0.405 e. The van der Waals surface area contributed by atoms with Crippen molar-refractivity contribution in [2.24, 2.45) is 5.73 Å². The summed E-state index contributed by atoms with van der Waals surface area (Å²) in [6.07, 6.45) is 2.93. The van der Waals surface area contributed by atoms with Crippen LogP contribution in [0.5, 0.6) is 0 Å². The van der Waals surface area contributed by atoms with Crippen LogP contribution in [-0.2, 0) is 0 Å². The first kappa shape index (κ1) is 24.6. The molecule has 4 heterocycles. The monoisotopic (exact) mass is 509 g/mol. The summed E-state index contributed by atoms with van der Waals surface area (Å²) >= 11 is 0. The summed E-state index contributed by atoms with van der Waals surface area (Å²) in [4.78, 5) is 23.2. The molecular weight excluding hydrogens is 483 g/mol. The number of imidazole rings is 1. The first-order valence-corrected chi connectivity index (χ1v) is 11.9. The topological polar surface area (TPSA) is 101 Å². The van der Waals surface area contributed by atoms with Crippen molar-refractivity contribution in [3.05, 3.63) is 67.1 Å². The fraction of sp³-hybridized carbons (Fsp3) is 0.269. The number of pyridine rings is 2. The summed E-state index contributed by atoms with van der Waals surface area (Å²) in [5.74, 6) is 0.945. The number of nitrogens with zero attached hydrogens (tertiary/aromatic N) is 4. The number of urea groups is 1. The molecule has 0 bridgehead atoms. The molecule has 5 rings (SSSR count). The normalized spacial score (nSPS) is 14.6. The van der Waals surface area contributed by atoms with Gasteiger partial charge in [-0.25, -0.2) is 14.8 Å². The Hall–Kier alpha value is -4.12. The Kier molecular flexibility index (Phi) is 6.70. The average Bonchev–Trinajstić information content (AvgIpc) is 3.31. The third kappa shape index (κ3) is 5.83. The van der Waals surface area contributed by atoms with Crippen LogP contribution >= 0.6 is 0 Å². The number of hydrogen-bond acceptors (Lipinski definition) is 5. The summed E-state index contributed by atoms with van der Waals surface area (Å²) in [6, 6.07) is 14.2. The number of alkyl halides is 3. The number of anilines is 2. The zero-order valence-corrected chi connectivity index (χ0v) is 19.9. The van der Waals surface area contributed by atoms with E-state index in [2.05, 4.69) is 20.2 Å². The van der Waals surface area contributed by atoms with Crippen LogP contribution in [0.1, 0.15) is 12.8 Å². The Labute approximate surface area is 211 Å². The van der Waals surface area contributed by atoms with Crippen LogP contribution in [0.2, 0.25) is 0 Å². The number of halogens is 3. The van der Waals surface area contributed by atoms with Gasteiger partial charge in [-0.15, -0.1) is 0 Å². The van der Waals surface area contributed by atoms with Crippen LogP contribution in [-0.4, -0.2) is 52.3 Å². The lowest BCUT2D eigenvalue weighted by Crippen LogP contribution is -2.40. The highest BCUT2D eigenvalue weighted by Crippen LogP contribution is 2.28. The number of carbonyl (C=O) groups is 1. The van der Waals surface area contributed by atoms with Crippen molar-refractivity contribution in [2.45, 2.75) is 25.1 Å². The number of nitrogens with one attached hydrogen (secondary N) is 2. The first-order valence-electron chi connectivity index (χ1n) is 11.9. The van der Waals surface area contributed by atoms with E-state index in [1.807, 2.05) is 47.1 Å². The van der Waals surface area contributed by atoms with Gasteiger partial charge in [0.15, 0.2) is 0 Å². The third-order valence-corrected chi connectivity index (χ3v) is 6.32. The van der Waals surface area contributed by atoms with Crippen LogP contribution in [0.25, 0.3) is 28.0 Å². The van der Waals surface area contributed by atoms with Crippen LogP contribution in [0.4, 0.5) is 29.5 Å². The molecule has 37 heavy (non-hydrogen) atoms. The Balaban J connectivity index is 1.31. The SMILES string of the molecule is NC1CCN(c2ccc(-c3ccn4c(-c5cccc(NC(=O)NCC(F)(F)F)c5)cnc4c3)cn2)CC1. The summed E-state index contributed by atoms with van der Waals surface area (Å²) in [6.45, 7) is 0.413. The number of aromatic nitrogens is 3. The van der Waals surface area contributed by atoms with E-state index in [1.165, 1.54) is 0 Å². The molecule has 1 saturated heterocycles. The maximum atomic E-state index is 12.3. The Bertz CT molecular complexity index is 1390. The van der Waals surface area contributed by atoms with E-state index < -0.39 is 18.8 Å². The molecule has 4 aromatic rings. The van der Waals surface area contributed by atoms with E-state index in [-0.39, 0.29) is 6.04 Å². The van der Waals surface area contributed by atoms with Crippen molar-refractivity contribution >= 4 is 23.2 Å². The molecule has 8 nitrogen and oxygen atoms in total. The molecule has 0 spiro atoms. The third-order valence-electron chi connectivity index (χ3n) is 6.32. The van der Waals surface area contributed by atoms with E-state index in [0.29, 0.717) is 5.69 Å². The highest BCUT2D eigenvalue weighted by atomic mass is 19.4. The summed E-state index contributed by atoms with van der Waals surface area (Å²) < 4.78 is 38.9. The highest BCUT2D eigenvalue weighted by Gasteiger charge is 2.27. The molecule has 3 aromatic heterocycles. The van der Waals surface area contributed by atoms with E-state index in [9.17, 15) is 18.0 Å². The smallest absolute Gasteiger partial charge is 0.357 e. The number of carbonyl (C=O) groups excluding carboxylic acids is 1. The number of nitrogens with two attached hydrogens (primary N) is 1. The first-order chi connectivity index (χ1) is 17.7. The van der Waals surface area contributed by atoms with E-state index in [0.717, 1.165) is 59.8 Å². The van der Waals surface area contributed by atoms with Crippen molar-refractivity contribution in [1.82, 2.24) is 19.7 Å². The van der Waals surface area contributed by atoms with Gasteiger partial charge in [0.05, 0.1) is 11.9 Å². The van der Waals surface area contributed by atoms with Crippen LogP contribution in [0.3, 0.4) is 0 Å². The number of fused-ring (bicyclic) bond motifs is 1. The lowest BCUT2D eigenvalue weighted by Gasteiger charge is -2.31. The van der Waals surface area contributed by atoms with Crippen LogP contribution in [0.15, 0.2) is 67.1 Å². The number of hydrogen-bond donors (Lipinski definition) is 3. The van der Waals surface area contributed by atoms with Crippen molar-refractivity contribution < 1.29 is 18.0 Å². The molecule has 4 N–H and O–H groups in total. The lowest BCUT2D eigenvalue weighted by atomic mass is 10.1. The lowest BCUT2D eigenvalue weighted by molar-refractivity contribution is -0.122. The number of rotatable bonds is 5. The van der Waals surface area contributed by atoms with Gasteiger partial charge in [0.25, 0.3) is 0 Å². The number of piperidine rings is 1. The Morgan fingerprint density at radius 1 is 1.00 bits per heavy atom. The molecule has 192 valence electrons. The van der Waals surface area contributed by atoms with Crippen LogP contribution in [0, 0.1) is 0 Å². The quantitative estimate of drug-likeness (QED) is 0.363. The second-order valence-electron chi connectivity index (χ2n) is 9.02. The van der Waals surface area contributed by atoms with Gasteiger partial charge < -0.3 is 21.3 Å². The zero-order valence-electron chi connectivity index (χ0n) is 19.9. The molecule has 1 fully saturated rings. The van der Waals surface area contributed by atoms with Crippen molar-refractivity contribution in [3.63, 3.8) is 0 Å². The summed E-state index contributed by atoms with van der Waals surface area (Å²) in [5.41, 5.74) is 10.6. The average molecular weight is 510 g/mol. The Morgan fingerprint density at radius 2 is 1.81 bits per heavy atom. The van der Waals surface area contributed by atoms with Crippen molar-refractivity contribution in [3.8, 4) is 22.4 Å². The fourth-order valence-electron chi connectivity index (χ4n) is 4.36. The molecule has 0 saturated carbocycles. The molecule has 1 aliphatic rings. The second-order valence-corrected chi connectivity index (χ2v) is 9.02. The molecule has 1 aromatic carbocycles. The minimum Gasteiger partial charge on any atom is -0.357 e. The zero-order chi connectivity index (χ0) is 26.0. The van der Waals surface area contributed by atoms with Crippen LogP contribution < -0.4 is 21.3 Å². The molecule has 1 aliphatic heterocycles. The molecule has 0 unspecified atom stereocenters. The number of amides is 2. The van der Waals surface area contributed by atoms with Gasteiger partial charge in [-0.3, -0.25) is 4.40 Å². The predicted octanol–water partition coefficient (Wildman–Crippen LogP) is 4.67. The highest BCUT2D eigenvalue weighted by molar-refractivity contribution is 5.90. The van der Waals surface area contributed by atoms with Crippen molar-refractivity contribution in [1.29, 1.82) is 0 Å². The van der Waals surface area contributed by atoms with Gasteiger partial charge >= 0.3 is 12.2 Å². The molecule has 11 heteroatoms. The van der Waals surface area contributed by atoms with Gasteiger partial charge in [-0.2, -0.15) is 13.2 Å². The maximum Gasteiger partial charge on any atom is 0.405 e. The molecule has 2 amide bonds. The standard InChI is InChI=1S/C26H26F3N7O/c27-26(28,29)16-33-25(37)34-21-3-1-2-18(12-21)22-15-32-24-13-17(6-11-36(22)24)19-4-5-23(31-14-19)35-9-7-20(30)8-10-35/h1-6,11-15,20H,7-10,16,30H2,(H2,33,34,37). The van der Waals surface area contributed by atoms with E-state index >= 15 is 0 Å². The van der Waals surface area contributed by atoms with Crippen molar-refractivity contribution in [2.75, 3.05) is 29.9 Å². The molecule has 0 aliphatic carbocycles. The van der Waals surface area contributed by atoms with Gasteiger partial charge in [-0.1, -0.05) is 12.1 Å². The molecule has 0 atom stereocenters. The minimum atomic E-state index is -4.48. The predicted molar refractivity (Wildman–Crippen MR) is 136 cm³/mol. The molecular formula is C26H26F3N7O. The van der Waals surface area contributed by atoms with Gasteiger partial charge in [0.1, 0.15) is 18.0 Å². The summed E-state index contributed by atoms with van der Waals surface area (Å²) in [5, 5.41) is 4.22. The molecule has 0 radical (unpaired) electrons. The second kappa shape index (κ2) is 10.1. The van der Waals surface area contributed by atoms with E-state index in [1.54, 1.807) is 29.7 Å². The van der Waals surface area contributed by atoms with E-state index in [4.69, 9.17) is 5.73 Å². The van der Waals surface area contributed by atoms with Gasteiger partial charge in [-0.05, 0) is 54.8 Å².